The molecule has 7 fully saturated rings. The SMILES string of the molecule is CCOC(=O)C(C#N)=C1CCN(C(=O)OC(C)(C)C)CC1.[Br-].[C-]#[N+]C(C(=O)OCC)C1(C2CCCC2)CCN(C(=O)OC(C)(C)C)CC1.[C-]#[N+]CC1(C2CCCC2)CCN(c2cccn3nc(Nc4ccc(C(=O)N(C)C5CCN(C)CC5)cc4)nc23)CC1.[CH-]1CCCC1.[Mg+2]. The van der Waals surface area contributed by atoms with E-state index in [0.717, 1.165) is 100 Å². The number of pyridine rings is 1. The molecule has 516 valence electrons. The summed E-state index contributed by atoms with van der Waals surface area (Å²) in [5.41, 5.74) is 3.01. The molecule has 23 heteroatoms. The third-order valence-corrected chi connectivity index (χ3v) is 19.7. The summed E-state index contributed by atoms with van der Waals surface area (Å²) < 4.78 is 22.7. The van der Waals surface area contributed by atoms with E-state index in [9.17, 15) is 24.0 Å². The summed E-state index contributed by atoms with van der Waals surface area (Å²) in [5.74, 6) is 0.671. The second kappa shape index (κ2) is 37.5. The van der Waals surface area contributed by atoms with Gasteiger partial charge in [0, 0.05) is 75.2 Å². The number of rotatable bonds is 13. The summed E-state index contributed by atoms with van der Waals surface area (Å²) in [6, 6.07) is 13.2. The number of nitrogens with zero attached hydrogens (tertiary/aromatic N) is 11. The number of benzene rings is 1. The van der Waals surface area contributed by atoms with Crippen molar-refractivity contribution in [3.8, 4) is 6.07 Å². The number of esters is 2. The fourth-order valence-electron chi connectivity index (χ4n) is 14.6. The number of hydrogen-bond acceptors (Lipinski definition) is 15. The van der Waals surface area contributed by atoms with Gasteiger partial charge in [0.15, 0.2) is 5.65 Å². The zero-order chi connectivity index (χ0) is 67.3. The summed E-state index contributed by atoms with van der Waals surface area (Å²) in [4.78, 5) is 84.0. The van der Waals surface area contributed by atoms with E-state index in [4.69, 9.17) is 42.3 Å². The van der Waals surface area contributed by atoms with Crippen molar-refractivity contribution in [2.24, 2.45) is 22.7 Å². The molecule has 4 aliphatic heterocycles. The average Bonchev–Trinajstić information content (AvgIpc) is 1.77. The number of piperidine rings is 4. The van der Waals surface area contributed by atoms with Crippen LogP contribution in [0.2, 0.25) is 0 Å². The van der Waals surface area contributed by atoms with Crippen molar-refractivity contribution < 1.29 is 59.9 Å². The first kappa shape index (κ1) is 79.5. The van der Waals surface area contributed by atoms with Crippen LogP contribution >= 0.6 is 0 Å². The molecule has 2 aromatic heterocycles. The molecule has 6 heterocycles. The number of anilines is 3. The molecule has 0 spiro atoms. The zero-order valence-corrected chi connectivity index (χ0v) is 61.5. The van der Waals surface area contributed by atoms with Gasteiger partial charge in [-0.1, -0.05) is 38.5 Å². The Bertz CT molecular complexity index is 3100. The summed E-state index contributed by atoms with van der Waals surface area (Å²) in [7, 11) is 4.06. The number of carbonyl (C=O) groups is 5. The number of aromatic nitrogens is 3. The fraction of sp³-hybridized carbons (Fsp3) is 0.681. The minimum atomic E-state index is -0.772. The second-order valence-corrected chi connectivity index (χ2v) is 28.2. The van der Waals surface area contributed by atoms with Gasteiger partial charge in [-0.3, -0.25) is 4.79 Å². The molecule has 4 saturated heterocycles. The number of fused-ring (bicyclic) bond motifs is 1. The van der Waals surface area contributed by atoms with E-state index in [-0.39, 0.29) is 87.7 Å². The molecule has 1 unspecified atom stereocenters. The number of hydrogen-bond donors (Lipinski definition) is 1. The van der Waals surface area contributed by atoms with E-state index in [0.29, 0.717) is 87.8 Å². The third-order valence-electron chi connectivity index (χ3n) is 19.7. The molecule has 3 amide bonds. The van der Waals surface area contributed by atoms with E-state index in [1.54, 1.807) is 23.6 Å². The van der Waals surface area contributed by atoms with Gasteiger partial charge in [-0.25, -0.2) is 36.8 Å². The minimum Gasteiger partial charge on any atom is -1.00 e. The molecule has 3 saturated carbocycles. The van der Waals surface area contributed by atoms with Gasteiger partial charge in [-0.2, -0.15) is 23.1 Å². The van der Waals surface area contributed by atoms with Gasteiger partial charge < -0.3 is 81.9 Å². The van der Waals surface area contributed by atoms with Crippen LogP contribution in [0.4, 0.5) is 26.9 Å². The fourth-order valence-corrected chi connectivity index (χ4v) is 14.6. The number of amides is 3. The summed E-state index contributed by atoms with van der Waals surface area (Å²) in [6.45, 7) is 36.8. The Kier molecular flexibility index (Phi) is 31.4. The molecule has 1 atom stereocenters. The van der Waals surface area contributed by atoms with E-state index < -0.39 is 29.2 Å². The van der Waals surface area contributed by atoms with Gasteiger partial charge in [0.2, 0.25) is 12.5 Å². The third kappa shape index (κ3) is 22.2. The van der Waals surface area contributed by atoms with Crippen LogP contribution in [0.5, 0.6) is 0 Å². The Labute approximate surface area is 592 Å². The molecule has 10 rings (SSSR count). The zero-order valence-electron chi connectivity index (χ0n) is 58.5. The predicted molar refractivity (Wildman–Crippen MR) is 366 cm³/mol. The Morgan fingerprint density at radius 1 is 0.758 bits per heavy atom. The first-order valence-corrected chi connectivity index (χ1v) is 34.3. The normalized spacial score (nSPS) is 19.3. The molecular formula is C72H105BrMgN12O9. The van der Waals surface area contributed by atoms with Gasteiger partial charge in [0.1, 0.15) is 22.8 Å². The Morgan fingerprint density at radius 2 is 1.31 bits per heavy atom. The summed E-state index contributed by atoms with van der Waals surface area (Å²) >= 11 is 0. The number of nitriles is 1. The maximum absolute atomic E-state index is 13.1. The Morgan fingerprint density at radius 3 is 1.80 bits per heavy atom. The Balaban J connectivity index is 0.000000261. The number of nitrogens with one attached hydrogen (secondary N) is 1. The molecule has 0 radical (unpaired) electrons. The maximum atomic E-state index is 13.1. The molecule has 3 aromatic rings. The number of ether oxygens (including phenoxy) is 4. The predicted octanol–water partition coefficient (Wildman–Crippen LogP) is 10.2. The molecule has 1 N–H and O–H groups in total. The van der Waals surface area contributed by atoms with Crippen molar-refractivity contribution >= 4 is 76.1 Å². The maximum Gasteiger partial charge on any atom is 2.00 e. The van der Waals surface area contributed by atoms with Gasteiger partial charge in [0.05, 0.1) is 24.3 Å². The topological polar surface area (TPSA) is 213 Å². The van der Waals surface area contributed by atoms with Crippen molar-refractivity contribution in [1.82, 2.24) is 34.2 Å². The molecular weight excluding hydrogens is 1280 g/mol. The van der Waals surface area contributed by atoms with Crippen LogP contribution in [0.25, 0.3) is 15.3 Å². The monoisotopic (exact) mass is 1380 g/mol. The van der Waals surface area contributed by atoms with E-state index in [1.807, 2.05) is 101 Å². The van der Waals surface area contributed by atoms with Crippen LogP contribution in [-0.4, -0.2) is 197 Å². The quantitative estimate of drug-likeness (QED) is 0.0421. The number of carbonyl (C=O) groups excluding carboxylic acids is 5. The minimum absolute atomic E-state index is 0. The molecule has 0 bridgehead atoms. The van der Waals surface area contributed by atoms with E-state index in [1.165, 1.54) is 51.4 Å². The smallest absolute Gasteiger partial charge is 1.00 e. The molecule has 1 aromatic carbocycles. The van der Waals surface area contributed by atoms with E-state index >= 15 is 0 Å². The van der Waals surface area contributed by atoms with Crippen molar-refractivity contribution in [2.45, 2.75) is 207 Å². The summed E-state index contributed by atoms with van der Waals surface area (Å²) in [6.07, 6.45) is 25.3. The average molecular weight is 1390 g/mol. The van der Waals surface area contributed by atoms with Crippen molar-refractivity contribution in [2.75, 3.05) is 96.4 Å². The number of likely N-dealkylation sites (tertiary alicyclic amines) is 3. The second-order valence-electron chi connectivity index (χ2n) is 28.2. The summed E-state index contributed by atoms with van der Waals surface area (Å²) in [5, 5.41) is 17.1. The first-order chi connectivity index (χ1) is 44.5. The van der Waals surface area contributed by atoms with Crippen LogP contribution in [0.3, 0.4) is 0 Å². The van der Waals surface area contributed by atoms with E-state index in [2.05, 4.69) is 49.4 Å². The van der Waals surface area contributed by atoms with Crippen LogP contribution in [0.15, 0.2) is 53.7 Å². The van der Waals surface area contributed by atoms with Crippen LogP contribution in [0.1, 0.15) is 194 Å². The number of halogens is 1. The van der Waals surface area contributed by atoms with Crippen LogP contribution in [-0.2, 0) is 28.5 Å². The Hall–Kier alpha value is -6.19. The molecule has 3 aliphatic carbocycles. The molecule has 21 nitrogen and oxygen atoms in total. The van der Waals surface area contributed by atoms with Crippen molar-refractivity contribution in [3.05, 3.63) is 88.6 Å². The first-order valence-electron chi connectivity index (χ1n) is 34.3. The van der Waals surface area contributed by atoms with Crippen molar-refractivity contribution in [3.63, 3.8) is 0 Å². The molecule has 7 aliphatic rings. The van der Waals surface area contributed by atoms with Gasteiger partial charge in [-0.05, 0) is 206 Å². The van der Waals surface area contributed by atoms with Crippen LogP contribution < -0.4 is 27.2 Å². The van der Waals surface area contributed by atoms with Gasteiger partial charge in [0.25, 0.3) is 5.91 Å². The van der Waals surface area contributed by atoms with Crippen molar-refractivity contribution in [1.29, 1.82) is 5.26 Å². The van der Waals surface area contributed by atoms with Gasteiger partial charge in [-0.15, -0.1) is 5.10 Å². The standard InChI is InChI=1S/C32H42N8O.C20H32N2O4.C15H22N2O4.C5H9.BrH.Mg/c1-33-23-32(25-7-4-5-8-25)16-21-39(22-17-32)28-9-6-18-40-29(28)35-31(36-40)34-26-12-10-24(11-13-26)30(41)38(3)27-14-19-37(2)20-15-27;1-6-25-17(23)16(21-5)20(15-9-7-8-10-15)11-13-22(14-12-20)18(24)26-19(2,3)4;1-5-20-13(18)12(10-16)11-6-8-17(9-7-11)14(19)21-15(2,3)4;1-2-4-5-3-1;;/h6,9-13,18,25,27H,4-5,7-8,14-17,19-23H2,2-3H3,(H,34,36);15-16H,6-14H2,1-4H3;5-9H2,1-4H3;1H,2-5H2;1H;/q;;;-1;;+2/p-1. The molecule has 95 heavy (non-hydrogen) atoms. The largest absolute Gasteiger partial charge is 2.00 e. The van der Waals surface area contributed by atoms with Gasteiger partial charge >= 0.3 is 53.2 Å². The van der Waals surface area contributed by atoms with Crippen LogP contribution in [0, 0.1) is 53.6 Å².